The monoisotopic (exact) mass is 245 g/mol. The molecule has 0 amide bonds. The average molecular weight is 246 g/mol. The van der Waals surface area contributed by atoms with Crippen molar-refractivity contribution < 1.29 is 5.11 Å². The molecule has 16 heavy (non-hydrogen) atoms. The Hall–Kier alpha value is -0.0500. The molecule has 1 rings (SSSR count). The Morgan fingerprint density at radius 2 is 2.12 bits per heavy atom. The molecule has 2 N–H and O–H groups in total. The number of aliphatic hydroxyl groups is 1. The zero-order valence-corrected chi connectivity index (χ0v) is 11.5. The third-order valence-corrected chi connectivity index (χ3v) is 3.27. The highest BCUT2D eigenvalue weighted by molar-refractivity contribution is 6.29. The second-order valence-electron chi connectivity index (χ2n) is 5.84. The normalized spacial score (nSPS) is 26.1. The van der Waals surface area contributed by atoms with E-state index in [1.54, 1.807) is 0 Å². The summed E-state index contributed by atoms with van der Waals surface area (Å²) in [7, 11) is 0. The molecule has 0 radical (unpaired) electrons. The molecule has 0 fully saturated rings. The first-order valence-corrected chi connectivity index (χ1v) is 6.49. The molecule has 1 aliphatic rings. The van der Waals surface area contributed by atoms with Gasteiger partial charge in [0.2, 0.25) is 0 Å². The number of halogens is 1. The van der Waals surface area contributed by atoms with E-state index in [1.807, 2.05) is 13.0 Å². The number of allylic oxidation sites excluding steroid dienone is 1. The lowest BCUT2D eigenvalue weighted by Gasteiger charge is -2.33. The highest BCUT2D eigenvalue weighted by atomic mass is 35.5. The summed E-state index contributed by atoms with van der Waals surface area (Å²) < 4.78 is 0. The van der Waals surface area contributed by atoms with Crippen LogP contribution in [0.2, 0.25) is 0 Å². The van der Waals surface area contributed by atoms with Crippen LogP contribution in [-0.2, 0) is 0 Å². The van der Waals surface area contributed by atoms with E-state index in [0.717, 1.165) is 24.3 Å². The molecule has 0 aromatic rings. The zero-order chi connectivity index (χ0) is 12.3. The van der Waals surface area contributed by atoms with Gasteiger partial charge in [-0.3, -0.25) is 0 Å². The van der Waals surface area contributed by atoms with Gasteiger partial charge in [-0.15, -0.1) is 0 Å². The Kier molecular flexibility index (Phi) is 4.84. The first-order chi connectivity index (χ1) is 7.29. The lowest BCUT2D eigenvalue weighted by Crippen LogP contribution is -2.49. The third-order valence-electron chi connectivity index (χ3n) is 2.96. The van der Waals surface area contributed by atoms with Gasteiger partial charge in [0.1, 0.15) is 0 Å². The Morgan fingerprint density at radius 1 is 1.50 bits per heavy atom. The van der Waals surface area contributed by atoms with Crippen molar-refractivity contribution in [1.29, 1.82) is 0 Å². The lowest BCUT2D eigenvalue weighted by molar-refractivity contribution is 0.0768. The van der Waals surface area contributed by atoms with Crippen LogP contribution in [0.3, 0.4) is 0 Å². The van der Waals surface area contributed by atoms with Crippen molar-refractivity contribution >= 4 is 11.6 Å². The maximum absolute atomic E-state index is 10.3. The molecule has 2 nitrogen and oxygen atoms in total. The minimum absolute atomic E-state index is 0.0303. The first-order valence-electron chi connectivity index (χ1n) is 6.11. The van der Waals surface area contributed by atoms with Gasteiger partial charge in [0.15, 0.2) is 0 Å². The van der Waals surface area contributed by atoms with Gasteiger partial charge in [-0.25, -0.2) is 0 Å². The molecule has 0 aromatic carbocycles. The van der Waals surface area contributed by atoms with Crippen LogP contribution >= 0.6 is 11.6 Å². The molecule has 0 bridgehead atoms. The van der Waals surface area contributed by atoms with Gasteiger partial charge in [0.05, 0.1) is 6.10 Å². The maximum atomic E-state index is 10.3. The van der Waals surface area contributed by atoms with E-state index in [4.69, 9.17) is 11.6 Å². The van der Waals surface area contributed by atoms with Crippen LogP contribution in [0.25, 0.3) is 0 Å². The number of nitrogens with one attached hydrogen (secondary N) is 1. The Bertz CT molecular complexity index is 257. The van der Waals surface area contributed by atoms with Gasteiger partial charge in [-0.05, 0) is 47.0 Å². The number of hydrogen-bond donors (Lipinski definition) is 2. The van der Waals surface area contributed by atoms with Crippen molar-refractivity contribution in [3.05, 3.63) is 11.1 Å². The fourth-order valence-electron chi connectivity index (χ4n) is 2.31. The molecule has 3 unspecified atom stereocenters. The average Bonchev–Trinajstić information content (AvgIpc) is 2.14. The number of hydrogen-bond acceptors (Lipinski definition) is 2. The second-order valence-corrected chi connectivity index (χ2v) is 6.33. The highest BCUT2D eigenvalue weighted by Crippen LogP contribution is 2.28. The molecule has 0 aliphatic heterocycles. The summed E-state index contributed by atoms with van der Waals surface area (Å²) in [5.74, 6) is 0.200. The fourth-order valence-corrected chi connectivity index (χ4v) is 2.61. The zero-order valence-electron chi connectivity index (χ0n) is 10.8. The van der Waals surface area contributed by atoms with E-state index in [1.165, 1.54) is 0 Å². The smallest absolute Gasteiger partial charge is 0.0753 e. The fraction of sp³-hybridized carbons (Fsp3) is 0.846. The molecule has 0 heterocycles. The van der Waals surface area contributed by atoms with E-state index in [2.05, 4.69) is 26.1 Å². The van der Waals surface area contributed by atoms with Gasteiger partial charge in [-0.1, -0.05) is 17.7 Å². The van der Waals surface area contributed by atoms with Gasteiger partial charge in [0, 0.05) is 22.5 Å². The lowest BCUT2D eigenvalue weighted by atomic mass is 9.87. The molecule has 94 valence electrons. The molecule has 3 atom stereocenters. The first kappa shape index (κ1) is 14.0. The Labute approximate surface area is 104 Å². The quantitative estimate of drug-likeness (QED) is 0.801. The summed E-state index contributed by atoms with van der Waals surface area (Å²) in [4.78, 5) is 0. The van der Waals surface area contributed by atoms with Gasteiger partial charge >= 0.3 is 0 Å². The van der Waals surface area contributed by atoms with Crippen molar-refractivity contribution in [2.75, 3.05) is 0 Å². The summed E-state index contributed by atoms with van der Waals surface area (Å²) in [6.07, 6.45) is 4.75. The molecule has 3 heteroatoms. The van der Waals surface area contributed by atoms with Crippen LogP contribution in [0, 0.1) is 5.92 Å². The van der Waals surface area contributed by atoms with Crippen molar-refractivity contribution in [1.82, 2.24) is 5.32 Å². The molecular formula is C13H24ClNO. The minimum Gasteiger partial charge on any atom is -0.391 e. The second kappa shape index (κ2) is 5.52. The molecule has 0 saturated heterocycles. The van der Waals surface area contributed by atoms with Crippen molar-refractivity contribution in [2.45, 2.75) is 64.6 Å². The largest absolute Gasteiger partial charge is 0.391 e. The van der Waals surface area contributed by atoms with E-state index < -0.39 is 0 Å². The van der Waals surface area contributed by atoms with Crippen molar-refractivity contribution in [2.24, 2.45) is 5.92 Å². The third kappa shape index (κ3) is 4.44. The predicted octanol–water partition coefficient (Wildman–Crippen LogP) is 3.05. The van der Waals surface area contributed by atoms with E-state index in [-0.39, 0.29) is 23.6 Å². The maximum Gasteiger partial charge on any atom is 0.0753 e. The highest BCUT2D eigenvalue weighted by Gasteiger charge is 2.27. The SMILES string of the molecule is CC(NC(C)(C)C)C(O)C1C=C(Cl)CCC1. The van der Waals surface area contributed by atoms with Crippen LogP contribution in [0.4, 0.5) is 0 Å². The number of rotatable bonds is 3. The summed E-state index contributed by atoms with van der Waals surface area (Å²) in [5, 5.41) is 14.6. The number of aliphatic hydroxyl groups excluding tert-OH is 1. The molecule has 0 saturated carbocycles. The van der Waals surface area contributed by atoms with Gasteiger partial charge in [-0.2, -0.15) is 0 Å². The van der Waals surface area contributed by atoms with Crippen LogP contribution < -0.4 is 5.32 Å². The van der Waals surface area contributed by atoms with Gasteiger partial charge < -0.3 is 10.4 Å². The van der Waals surface area contributed by atoms with Crippen LogP contribution in [0.15, 0.2) is 11.1 Å². The standard InChI is InChI=1S/C13H24ClNO/c1-9(15-13(2,3)4)12(16)10-6-5-7-11(14)8-10/h8-10,12,15-16H,5-7H2,1-4H3. The molecule has 1 aliphatic carbocycles. The molecular weight excluding hydrogens is 222 g/mol. The summed E-state index contributed by atoms with van der Waals surface area (Å²) in [6, 6.07) is 0.0869. The Morgan fingerprint density at radius 3 is 2.62 bits per heavy atom. The van der Waals surface area contributed by atoms with Gasteiger partial charge in [0.25, 0.3) is 0 Å². The van der Waals surface area contributed by atoms with Crippen LogP contribution in [0.1, 0.15) is 47.0 Å². The van der Waals surface area contributed by atoms with E-state index >= 15 is 0 Å². The van der Waals surface area contributed by atoms with Crippen LogP contribution in [0.5, 0.6) is 0 Å². The van der Waals surface area contributed by atoms with E-state index in [0.29, 0.717) is 0 Å². The van der Waals surface area contributed by atoms with Crippen molar-refractivity contribution in [3.63, 3.8) is 0 Å². The minimum atomic E-state index is -0.353. The molecule has 0 aromatic heterocycles. The Balaban J connectivity index is 2.56. The van der Waals surface area contributed by atoms with Crippen LogP contribution in [-0.4, -0.2) is 22.8 Å². The summed E-state index contributed by atoms with van der Waals surface area (Å²) in [6.45, 7) is 8.37. The van der Waals surface area contributed by atoms with E-state index in [9.17, 15) is 5.11 Å². The summed E-state index contributed by atoms with van der Waals surface area (Å²) in [5.41, 5.74) is 0.0303. The predicted molar refractivity (Wildman–Crippen MR) is 69.6 cm³/mol. The molecule has 0 spiro atoms. The summed E-state index contributed by atoms with van der Waals surface area (Å²) >= 11 is 6.02. The van der Waals surface area contributed by atoms with Crippen molar-refractivity contribution in [3.8, 4) is 0 Å². The topological polar surface area (TPSA) is 32.3 Å².